The molecule has 2 N–H and O–H groups in total. The van der Waals surface area contributed by atoms with Crippen molar-refractivity contribution in [2.24, 2.45) is 0 Å². The molecule has 0 aromatic rings. The first-order valence-corrected chi connectivity index (χ1v) is 8.17. The number of likely N-dealkylation sites (N-methyl/N-ethyl adjacent to an activating group) is 1. The van der Waals surface area contributed by atoms with E-state index in [9.17, 15) is 19.0 Å². The lowest BCUT2D eigenvalue weighted by molar-refractivity contribution is -0.870. The maximum Gasteiger partial charge on any atom is 0.472 e. The van der Waals surface area contributed by atoms with Gasteiger partial charge in [-0.3, -0.25) is 18.6 Å². The van der Waals surface area contributed by atoms with E-state index in [1.54, 1.807) is 0 Å². The standard InChI is InChI=1S/C12H24NO8P/c1-10(15)7-12(16)21-11(8-14)9-20-22(17,18)19-6-5-13(2,3)4/h11,14H,5-9H2,1-4H3/p+1. The predicted molar refractivity (Wildman–Crippen MR) is 76.9 cm³/mol. The lowest BCUT2D eigenvalue weighted by Crippen LogP contribution is -2.37. The monoisotopic (exact) mass is 342 g/mol. The number of ketones is 1. The molecule has 0 fully saturated rings. The van der Waals surface area contributed by atoms with Gasteiger partial charge in [0.1, 0.15) is 31.5 Å². The van der Waals surface area contributed by atoms with Crippen LogP contribution in [0.3, 0.4) is 0 Å². The molecule has 10 heteroatoms. The van der Waals surface area contributed by atoms with Crippen molar-refractivity contribution in [1.29, 1.82) is 0 Å². The fraction of sp³-hybridized carbons (Fsp3) is 0.833. The molecule has 0 saturated heterocycles. The second-order valence-corrected chi connectivity index (χ2v) is 7.24. The fourth-order valence-electron chi connectivity index (χ4n) is 1.20. The molecule has 2 unspecified atom stereocenters. The van der Waals surface area contributed by atoms with Crippen LogP contribution >= 0.6 is 7.82 Å². The summed E-state index contributed by atoms with van der Waals surface area (Å²) in [6, 6.07) is 0. The summed E-state index contributed by atoms with van der Waals surface area (Å²) in [5.74, 6) is -1.23. The quantitative estimate of drug-likeness (QED) is 0.227. The van der Waals surface area contributed by atoms with Crippen LogP contribution in [0.25, 0.3) is 0 Å². The van der Waals surface area contributed by atoms with Gasteiger partial charge in [-0.05, 0) is 6.92 Å². The lowest BCUT2D eigenvalue weighted by atomic mass is 10.3. The van der Waals surface area contributed by atoms with E-state index in [1.165, 1.54) is 6.92 Å². The van der Waals surface area contributed by atoms with Gasteiger partial charge in [0.15, 0.2) is 0 Å². The first kappa shape index (κ1) is 21.2. The zero-order valence-corrected chi connectivity index (χ0v) is 14.2. The second-order valence-electron chi connectivity index (χ2n) is 5.78. The molecule has 0 aliphatic carbocycles. The number of Topliss-reactive ketones (excluding diaryl/α,β-unsaturated/α-hetero) is 1. The summed E-state index contributed by atoms with van der Waals surface area (Å²) in [5, 5.41) is 9.03. The summed E-state index contributed by atoms with van der Waals surface area (Å²) < 4.78 is 26.3. The van der Waals surface area contributed by atoms with Crippen LogP contribution < -0.4 is 0 Å². The van der Waals surface area contributed by atoms with E-state index in [2.05, 4.69) is 4.52 Å². The highest BCUT2D eigenvalue weighted by molar-refractivity contribution is 7.47. The number of nitrogens with zero attached hydrogens (tertiary/aromatic N) is 1. The fourth-order valence-corrected chi connectivity index (χ4v) is 1.94. The van der Waals surface area contributed by atoms with Crippen LogP contribution in [0.15, 0.2) is 0 Å². The van der Waals surface area contributed by atoms with Gasteiger partial charge in [-0.1, -0.05) is 0 Å². The zero-order chi connectivity index (χ0) is 17.4. The third-order valence-electron chi connectivity index (χ3n) is 2.34. The first-order valence-electron chi connectivity index (χ1n) is 6.67. The second kappa shape index (κ2) is 9.34. The molecule has 0 aliphatic rings. The Morgan fingerprint density at radius 2 is 1.82 bits per heavy atom. The van der Waals surface area contributed by atoms with Gasteiger partial charge in [-0.15, -0.1) is 0 Å². The lowest BCUT2D eigenvalue weighted by Gasteiger charge is -2.24. The molecule has 0 aromatic carbocycles. The van der Waals surface area contributed by atoms with Gasteiger partial charge in [-0.25, -0.2) is 4.57 Å². The summed E-state index contributed by atoms with van der Waals surface area (Å²) in [4.78, 5) is 31.5. The smallest absolute Gasteiger partial charge is 0.457 e. The normalized spacial score (nSPS) is 15.9. The summed E-state index contributed by atoms with van der Waals surface area (Å²) in [6.07, 6.45) is -1.58. The number of ether oxygens (including phenoxy) is 1. The molecule has 0 saturated carbocycles. The number of carbonyl (C=O) groups excluding carboxylic acids is 2. The van der Waals surface area contributed by atoms with Crippen molar-refractivity contribution >= 4 is 19.6 Å². The van der Waals surface area contributed by atoms with Crippen LogP contribution in [-0.4, -0.2) is 79.8 Å². The highest BCUT2D eigenvalue weighted by Gasteiger charge is 2.25. The number of rotatable bonds is 11. The highest BCUT2D eigenvalue weighted by Crippen LogP contribution is 2.43. The first-order chi connectivity index (χ1) is 9.95. The topological polar surface area (TPSA) is 119 Å². The minimum Gasteiger partial charge on any atom is -0.457 e. The molecule has 9 nitrogen and oxygen atoms in total. The maximum absolute atomic E-state index is 11.6. The number of aliphatic hydroxyl groups is 1. The predicted octanol–water partition coefficient (Wildman–Crippen LogP) is -0.291. The van der Waals surface area contributed by atoms with E-state index in [4.69, 9.17) is 14.4 Å². The van der Waals surface area contributed by atoms with Gasteiger partial charge in [0, 0.05) is 0 Å². The summed E-state index contributed by atoms with van der Waals surface area (Å²) in [6.45, 7) is 0.589. The summed E-state index contributed by atoms with van der Waals surface area (Å²) in [7, 11) is 1.38. The molecule has 2 atom stereocenters. The van der Waals surface area contributed by atoms with Crippen LogP contribution in [0.1, 0.15) is 13.3 Å². The number of carbonyl (C=O) groups is 2. The Bertz CT molecular complexity index is 420. The molecular weight excluding hydrogens is 317 g/mol. The van der Waals surface area contributed by atoms with E-state index >= 15 is 0 Å². The number of hydrogen-bond acceptors (Lipinski definition) is 7. The van der Waals surface area contributed by atoms with Crippen LogP contribution in [0.2, 0.25) is 0 Å². The number of esters is 1. The van der Waals surface area contributed by atoms with Crippen molar-refractivity contribution in [2.45, 2.75) is 19.4 Å². The third-order valence-corrected chi connectivity index (χ3v) is 3.32. The molecule has 0 spiro atoms. The molecule has 22 heavy (non-hydrogen) atoms. The minimum absolute atomic E-state index is 0.00515. The van der Waals surface area contributed by atoms with Crippen molar-refractivity contribution in [3.05, 3.63) is 0 Å². The van der Waals surface area contributed by atoms with Gasteiger partial charge in [0.25, 0.3) is 0 Å². The number of hydrogen-bond donors (Lipinski definition) is 2. The van der Waals surface area contributed by atoms with E-state index < -0.39 is 39.5 Å². The molecule has 0 aliphatic heterocycles. The molecular formula is C12H25NO8P+. The van der Waals surface area contributed by atoms with Gasteiger partial charge < -0.3 is 19.2 Å². The van der Waals surface area contributed by atoms with E-state index in [1.807, 2.05) is 21.1 Å². The molecule has 0 heterocycles. The summed E-state index contributed by atoms with van der Waals surface area (Å²) >= 11 is 0. The van der Waals surface area contributed by atoms with Gasteiger partial charge in [-0.2, -0.15) is 0 Å². The Balaban J connectivity index is 4.22. The Labute approximate surface area is 130 Å². The number of phosphoric acid groups is 1. The third kappa shape index (κ3) is 11.8. The van der Waals surface area contributed by atoms with Gasteiger partial charge in [0.2, 0.25) is 0 Å². The average molecular weight is 342 g/mol. The van der Waals surface area contributed by atoms with Gasteiger partial charge >= 0.3 is 13.8 Å². The van der Waals surface area contributed by atoms with Crippen LogP contribution in [0, 0.1) is 0 Å². The Morgan fingerprint density at radius 3 is 2.27 bits per heavy atom. The molecule has 0 aromatic heterocycles. The zero-order valence-electron chi connectivity index (χ0n) is 13.4. The van der Waals surface area contributed by atoms with Crippen LogP contribution in [-0.2, 0) is 27.9 Å². The minimum atomic E-state index is -4.30. The Kier molecular flexibility index (Phi) is 8.99. The SMILES string of the molecule is CC(=O)CC(=O)OC(CO)COP(=O)(O)OCC[N+](C)(C)C. The highest BCUT2D eigenvalue weighted by atomic mass is 31.2. The van der Waals surface area contributed by atoms with Crippen LogP contribution in [0.5, 0.6) is 0 Å². The maximum atomic E-state index is 11.6. The Morgan fingerprint density at radius 1 is 1.23 bits per heavy atom. The average Bonchev–Trinajstić information content (AvgIpc) is 2.31. The van der Waals surface area contributed by atoms with Crippen molar-refractivity contribution in [2.75, 3.05) is 47.5 Å². The number of aliphatic hydroxyl groups excluding tert-OH is 1. The number of phosphoric ester groups is 1. The molecule has 0 amide bonds. The van der Waals surface area contributed by atoms with E-state index in [-0.39, 0.29) is 12.4 Å². The van der Waals surface area contributed by atoms with Crippen molar-refractivity contribution in [3.63, 3.8) is 0 Å². The summed E-state index contributed by atoms with van der Waals surface area (Å²) in [5.41, 5.74) is 0. The van der Waals surface area contributed by atoms with Crippen molar-refractivity contribution in [3.8, 4) is 0 Å². The largest absolute Gasteiger partial charge is 0.472 e. The van der Waals surface area contributed by atoms with E-state index in [0.717, 1.165) is 0 Å². The molecule has 0 radical (unpaired) electrons. The van der Waals surface area contributed by atoms with Crippen molar-refractivity contribution in [1.82, 2.24) is 0 Å². The Hall–Kier alpha value is -0.830. The molecule has 0 bridgehead atoms. The molecule has 130 valence electrons. The van der Waals surface area contributed by atoms with Crippen LogP contribution in [0.4, 0.5) is 0 Å². The van der Waals surface area contributed by atoms with E-state index in [0.29, 0.717) is 11.0 Å². The number of quaternary nitrogens is 1. The van der Waals surface area contributed by atoms with Crippen molar-refractivity contribution < 1.29 is 42.4 Å². The van der Waals surface area contributed by atoms with Gasteiger partial charge in [0.05, 0.1) is 34.4 Å². The molecule has 0 rings (SSSR count).